The van der Waals surface area contributed by atoms with E-state index in [1.807, 2.05) is 25.3 Å². The van der Waals surface area contributed by atoms with Gasteiger partial charge in [0.1, 0.15) is 17.0 Å². The number of aryl methyl sites for hydroxylation is 2. The molecule has 158 valence electrons. The molecule has 6 nitrogen and oxygen atoms in total. The zero-order valence-corrected chi connectivity index (χ0v) is 17.9. The van der Waals surface area contributed by atoms with Gasteiger partial charge in [-0.05, 0) is 37.6 Å². The van der Waals surface area contributed by atoms with Gasteiger partial charge in [0.25, 0.3) is 5.91 Å². The van der Waals surface area contributed by atoms with E-state index in [0.717, 1.165) is 11.3 Å². The average molecular weight is 430 g/mol. The highest BCUT2D eigenvalue weighted by Crippen LogP contribution is 2.28. The molecular formula is C22H25ClFN5O. The van der Waals surface area contributed by atoms with Gasteiger partial charge in [0, 0.05) is 51.4 Å². The van der Waals surface area contributed by atoms with Crippen molar-refractivity contribution in [1.29, 1.82) is 0 Å². The number of hydrogen-bond donors (Lipinski definition) is 1. The van der Waals surface area contributed by atoms with Gasteiger partial charge in [-0.25, -0.2) is 9.37 Å². The SMILES string of the molecule is Cc1ccc(CNCC2(F)CCN(C(=O)c3c(C)nc4ccc(Cl)cn34)CC2)nc1. The predicted octanol–water partition coefficient (Wildman–Crippen LogP) is 3.73. The van der Waals surface area contributed by atoms with E-state index in [-0.39, 0.29) is 12.5 Å². The largest absolute Gasteiger partial charge is 0.337 e. The summed E-state index contributed by atoms with van der Waals surface area (Å²) < 4.78 is 17.0. The van der Waals surface area contributed by atoms with E-state index >= 15 is 4.39 Å². The molecule has 0 radical (unpaired) electrons. The monoisotopic (exact) mass is 429 g/mol. The molecule has 3 aromatic heterocycles. The molecule has 1 fully saturated rings. The molecule has 1 N–H and O–H groups in total. The summed E-state index contributed by atoms with van der Waals surface area (Å²) in [4.78, 5) is 23.6. The van der Waals surface area contributed by atoms with E-state index in [1.165, 1.54) is 0 Å². The summed E-state index contributed by atoms with van der Waals surface area (Å²) in [5.74, 6) is -0.138. The first kappa shape index (κ1) is 20.8. The van der Waals surface area contributed by atoms with Crippen LogP contribution in [0.1, 0.15) is 40.3 Å². The van der Waals surface area contributed by atoms with Gasteiger partial charge in [0.15, 0.2) is 0 Å². The molecule has 0 bridgehead atoms. The van der Waals surface area contributed by atoms with Crippen LogP contribution in [0.25, 0.3) is 5.65 Å². The van der Waals surface area contributed by atoms with Crippen LogP contribution in [0.4, 0.5) is 4.39 Å². The molecule has 0 aliphatic carbocycles. The minimum Gasteiger partial charge on any atom is -0.337 e. The highest BCUT2D eigenvalue weighted by molar-refractivity contribution is 6.30. The van der Waals surface area contributed by atoms with Gasteiger partial charge >= 0.3 is 0 Å². The maximum atomic E-state index is 15.2. The fraction of sp³-hybridized carbons (Fsp3) is 0.409. The number of nitrogens with zero attached hydrogens (tertiary/aromatic N) is 4. The maximum Gasteiger partial charge on any atom is 0.272 e. The summed E-state index contributed by atoms with van der Waals surface area (Å²) in [5.41, 5.74) is 2.46. The fourth-order valence-electron chi connectivity index (χ4n) is 3.85. The molecule has 0 saturated carbocycles. The Morgan fingerprint density at radius 1 is 1.23 bits per heavy atom. The van der Waals surface area contributed by atoms with Crippen molar-refractivity contribution in [1.82, 2.24) is 24.6 Å². The second-order valence-electron chi connectivity index (χ2n) is 7.99. The van der Waals surface area contributed by atoms with Crippen molar-refractivity contribution in [3.8, 4) is 0 Å². The molecule has 30 heavy (non-hydrogen) atoms. The van der Waals surface area contributed by atoms with Gasteiger partial charge in [-0.3, -0.25) is 14.2 Å². The van der Waals surface area contributed by atoms with Gasteiger partial charge in [-0.1, -0.05) is 17.7 Å². The quantitative estimate of drug-likeness (QED) is 0.671. The lowest BCUT2D eigenvalue weighted by molar-refractivity contribution is 0.0428. The van der Waals surface area contributed by atoms with E-state index in [1.54, 1.807) is 34.6 Å². The molecule has 0 atom stereocenters. The summed E-state index contributed by atoms with van der Waals surface area (Å²) in [7, 11) is 0. The molecule has 3 aromatic rings. The summed E-state index contributed by atoms with van der Waals surface area (Å²) >= 11 is 6.09. The molecule has 1 aliphatic heterocycles. The molecule has 0 spiro atoms. The van der Waals surface area contributed by atoms with Crippen molar-refractivity contribution in [2.24, 2.45) is 0 Å². The number of amides is 1. The molecule has 1 saturated heterocycles. The van der Waals surface area contributed by atoms with E-state index in [0.29, 0.717) is 54.5 Å². The number of rotatable bonds is 5. The first-order chi connectivity index (χ1) is 14.3. The fourth-order valence-corrected chi connectivity index (χ4v) is 4.01. The number of pyridine rings is 2. The van der Waals surface area contributed by atoms with Crippen molar-refractivity contribution in [3.05, 3.63) is 64.3 Å². The number of carbonyl (C=O) groups excluding carboxylic acids is 1. The Morgan fingerprint density at radius 2 is 2.00 bits per heavy atom. The average Bonchev–Trinajstić information content (AvgIpc) is 3.04. The summed E-state index contributed by atoms with van der Waals surface area (Å²) in [6.45, 7) is 5.30. The van der Waals surface area contributed by atoms with Crippen LogP contribution in [0.3, 0.4) is 0 Å². The number of alkyl halides is 1. The zero-order valence-electron chi connectivity index (χ0n) is 17.2. The van der Waals surface area contributed by atoms with Crippen LogP contribution in [0.5, 0.6) is 0 Å². The topological polar surface area (TPSA) is 62.5 Å². The van der Waals surface area contributed by atoms with Gasteiger partial charge in [-0.15, -0.1) is 0 Å². The Kier molecular flexibility index (Phi) is 5.75. The second kappa shape index (κ2) is 8.32. The molecule has 1 aliphatic rings. The number of imidazole rings is 1. The Balaban J connectivity index is 1.37. The summed E-state index contributed by atoms with van der Waals surface area (Å²) in [5, 5.41) is 3.70. The number of piperidine rings is 1. The van der Waals surface area contributed by atoms with Crippen molar-refractivity contribution in [2.45, 2.75) is 38.9 Å². The Hall–Kier alpha value is -2.51. The minimum atomic E-state index is -1.33. The maximum absolute atomic E-state index is 15.2. The smallest absolute Gasteiger partial charge is 0.272 e. The lowest BCUT2D eigenvalue weighted by Crippen LogP contribution is -2.49. The normalized spacial score (nSPS) is 16.2. The molecule has 4 heterocycles. The van der Waals surface area contributed by atoms with Crippen LogP contribution in [0, 0.1) is 13.8 Å². The number of nitrogens with one attached hydrogen (secondary N) is 1. The Labute approximate surface area is 180 Å². The highest BCUT2D eigenvalue weighted by atomic mass is 35.5. The number of halogens is 2. The first-order valence-corrected chi connectivity index (χ1v) is 10.5. The third kappa shape index (κ3) is 4.32. The van der Waals surface area contributed by atoms with Gasteiger partial charge < -0.3 is 10.2 Å². The van der Waals surface area contributed by atoms with Crippen LogP contribution in [0.15, 0.2) is 36.7 Å². The minimum absolute atomic E-state index is 0.138. The van der Waals surface area contributed by atoms with Crippen molar-refractivity contribution in [3.63, 3.8) is 0 Å². The Bertz CT molecular complexity index is 1060. The van der Waals surface area contributed by atoms with Crippen molar-refractivity contribution < 1.29 is 9.18 Å². The number of aromatic nitrogens is 3. The van der Waals surface area contributed by atoms with E-state index in [9.17, 15) is 4.79 Å². The second-order valence-corrected chi connectivity index (χ2v) is 8.43. The number of likely N-dealkylation sites (tertiary alicyclic amines) is 1. The molecular weight excluding hydrogens is 405 g/mol. The van der Waals surface area contributed by atoms with Gasteiger partial charge in [0.05, 0.1) is 16.4 Å². The van der Waals surface area contributed by atoms with Crippen LogP contribution in [0.2, 0.25) is 5.02 Å². The van der Waals surface area contributed by atoms with Crippen LogP contribution >= 0.6 is 11.6 Å². The number of fused-ring (bicyclic) bond motifs is 1. The summed E-state index contributed by atoms with van der Waals surface area (Å²) in [6, 6.07) is 7.46. The zero-order chi connectivity index (χ0) is 21.3. The number of carbonyl (C=O) groups is 1. The van der Waals surface area contributed by atoms with Gasteiger partial charge in [0.2, 0.25) is 0 Å². The number of hydrogen-bond acceptors (Lipinski definition) is 4. The standard InChI is InChI=1S/C22H25ClFN5O/c1-15-3-5-18(26-11-15)12-25-14-22(24)7-9-28(10-8-22)21(30)20-16(2)27-19-6-4-17(23)13-29(19)20/h3-6,11,13,25H,7-10,12,14H2,1-2H3. The van der Waals surface area contributed by atoms with Crippen LogP contribution < -0.4 is 5.32 Å². The molecule has 0 unspecified atom stereocenters. The highest BCUT2D eigenvalue weighted by Gasteiger charge is 2.36. The van der Waals surface area contributed by atoms with Crippen molar-refractivity contribution in [2.75, 3.05) is 19.6 Å². The van der Waals surface area contributed by atoms with Crippen LogP contribution in [-0.2, 0) is 6.54 Å². The van der Waals surface area contributed by atoms with E-state index in [2.05, 4.69) is 15.3 Å². The lowest BCUT2D eigenvalue weighted by atomic mass is 9.93. The molecule has 8 heteroatoms. The van der Waals surface area contributed by atoms with Gasteiger partial charge in [-0.2, -0.15) is 0 Å². The molecule has 1 amide bonds. The summed E-state index contributed by atoms with van der Waals surface area (Å²) in [6.07, 6.45) is 4.09. The van der Waals surface area contributed by atoms with E-state index < -0.39 is 5.67 Å². The van der Waals surface area contributed by atoms with Crippen molar-refractivity contribution >= 4 is 23.2 Å². The first-order valence-electron chi connectivity index (χ1n) is 10.1. The van der Waals surface area contributed by atoms with Crippen LogP contribution in [-0.4, -0.2) is 50.5 Å². The Morgan fingerprint density at radius 3 is 2.70 bits per heavy atom. The molecule has 0 aromatic carbocycles. The molecule has 4 rings (SSSR count). The predicted molar refractivity (Wildman–Crippen MR) is 115 cm³/mol. The third-order valence-electron chi connectivity index (χ3n) is 5.63. The third-order valence-corrected chi connectivity index (χ3v) is 5.85. The lowest BCUT2D eigenvalue weighted by Gasteiger charge is -2.36. The van der Waals surface area contributed by atoms with E-state index in [4.69, 9.17) is 11.6 Å².